The van der Waals surface area contributed by atoms with Crippen molar-refractivity contribution in [2.75, 3.05) is 33.8 Å². The molecule has 2 heterocycles. The van der Waals surface area contributed by atoms with Crippen LogP contribution in [0.4, 0.5) is 0 Å². The lowest BCUT2D eigenvalue weighted by molar-refractivity contribution is -0.140. The summed E-state index contributed by atoms with van der Waals surface area (Å²) in [6.07, 6.45) is 2.45. The maximum atomic E-state index is 13.2. The number of ketones is 1. The smallest absolute Gasteiger partial charge is 0.295 e. The van der Waals surface area contributed by atoms with Gasteiger partial charge in [-0.05, 0) is 62.5 Å². The summed E-state index contributed by atoms with van der Waals surface area (Å²) in [7, 11) is 3.82. The molecule has 2 aliphatic heterocycles. The molecule has 2 atom stereocenters. The highest BCUT2D eigenvalue weighted by Gasteiger charge is 2.46. The molecular weight excluding hydrogens is 432 g/mol. The Labute approximate surface area is 199 Å². The number of rotatable bonds is 8. The van der Waals surface area contributed by atoms with Gasteiger partial charge in [-0.25, -0.2) is 0 Å². The number of hydrogen-bond acceptors (Lipinski definition) is 6. The summed E-state index contributed by atoms with van der Waals surface area (Å²) in [5.41, 5.74) is 2.29. The van der Waals surface area contributed by atoms with Crippen molar-refractivity contribution >= 4 is 17.4 Å². The van der Waals surface area contributed by atoms with E-state index in [0.29, 0.717) is 31.0 Å². The normalized spacial score (nSPS) is 21.0. The van der Waals surface area contributed by atoms with Crippen LogP contribution in [0.5, 0.6) is 11.5 Å². The first kappa shape index (κ1) is 23.6. The molecule has 0 bridgehead atoms. The molecule has 7 nitrogen and oxygen atoms in total. The maximum Gasteiger partial charge on any atom is 0.295 e. The van der Waals surface area contributed by atoms with Crippen LogP contribution in [-0.2, 0) is 16.0 Å². The van der Waals surface area contributed by atoms with E-state index >= 15 is 0 Å². The van der Waals surface area contributed by atoms with Crippen LogP contribution in [-0.4, -0.2) is 66.5 Å². The number of carbonyl (C=O) groups is 2. The molecule has 178 valence electrons. The van der Waals surface area contributed by atoms with Crippen molar-refractivity contribution in [3.63, 3.8) is 0 Å². The molecule has 0 saturated carbocycles. The van der Waals surface area contributed by atoms with Crippen LogP contribution in [0.15, 0.2) is 60.7 Å². The van der Waals surface area contributed by atoms with Gasteiger partial charge in [-0.15, -0.1) is 0 Å². The average molecular weight is 463 g/mol. The first-order valence-electron chi connectivity index (χ1n) is 11.4. The Hall–Kier alpha value is -3.58. The van der Waals surface area contributed by atoms with Crippen molar-refractivity contribution in [1.29, 1.82) is 0 Å². The van der Waals surface area contributed by atoms with Gasteiger partial charge in [-0.2, -0.15) is 0 Å². The van der Waals surface area contributed by atoms with E-state index in [1.807, 2.05) is 44.1 Å². The van der Waals surface area contributed by atoms with Crippen LogP contribution in [0.2, 0.25) is 0 Å². The van der Waals surface area contributed by atoms with Gasteiger partial charge in [0.2, 0.25) is 0 Å². The third-order valence-electron chi connectivity index (χ3n) is 6.06. The lowest BCUT2D eigenvalue weighted by Crippen LogP contribution is -2.35. The molecule has 1 amide bonds. The van der Waals surface area contributed by atoms with Gasteiger partial charge >= 0.3 is 0 Å². The number of aliphatic hydroxyl groups is 1. The molecule has 0 spiro atoms. The van der Waals surface area contributed by atoms with E-state index in [2.05, 4.69) is 6.58 Å². The fourth-order valence-electron chi connectivity index (χ4n) is 4.39. The number of benzene rings is 2. The minimum atomic E-state index is -0.697. The second-order valence-electron chi connectivity index (χ2n) is 8.92. The Morgan fingerprint density at radius 1 is 1.24 bits per heavy atom. The first-order valence-corrected chi connectivity index (χ1v) is 11.4. The van der Waals surface area contributed by atoms with Crippen LogP contribution in [0.1, 0.15) is 29.7 Å². The number of nitrogens with zero attached hydrogens (tertiary/aromatic N) is 2. The number of ether oxygens (including phenoxy) is 2. The Balaban J connectivity index is 1.77. The van der Waals surface area contributed by atoms with Crippen molar-refractivity contribution in [1.82, 2.24) is 9.80 Å². The molecule has 7 heteroatoms. The molecule has 1 fully saturated rings. The van der Waals surface area contributed by atoms with E-state index in [9.17, 15) is 14.7 Å². The Bertz CT molecular complexity index is 1140. The molecule has 2 aliphatic rings. The minimum absolute atomic E-state index is 0.0610. The number of carbonyl (C=O) groups excluding carboxylic acids is 2. The SMILES string of the molecule is C=CCOc1ccc(C2/C(=C(\O)c3ccc4c(c3)CC(C)O4)C(=O)C(=O)N2CCN(C)C)cc1. The highest BCUT2D eigenvalue weighted by Crippen LogP contribution is 2.40. The highest BCUT2D eigenvalue weighted by atomic mass is 16.5. The monoisotopic (exact) mass is 462 g/mol. The number of fused-ring (bicyclic) bond motifs is 1. The largest absolute Gasteiger partial charge is 0.507 e. The van der Waals surface area contributed by atoms with Gasteiger partial charge in [0.05, 0.1) is 11.6 Å². The number of likely N-dealkylation sites (N-methyl/N-ethyl adjacent to an activating group) is 1. The predicted molar refractivity (Wildman–Crippen MR) is 130 cm³/mol. The Morgan fingerprint density at radius 3 is 2.65 bits per heavy atom. The summed E-state index contributed by atoms with van der Waals surface area (Å²) in [6.45, 7) is 6.94. The summed E-state index contributed by atoms with van der Waals surface area (Å²) >= 11 is 0. The van der Waals surface area contributed by atoms with Crippen molar-refractivity contribution in [3.8, 4) is 11.5 Å². The topological polar surface area (TPSA) is 79.3 Å². The van der Waals surface area contributed by atoms with E-state index in [1.165, 1.54) is 4.90 Å². The minimum Gasteiger partial charge on any atom is -0.507 e. The molecule has 34 heavy (non-hydrogen) atoms. The number of aliphatic hydroxyl groups excluding tert-OH is 1. The van der Waals surface area contributed by atoms with Crippen LogP contribution in [0.25, 0.3) is 5.76 Å². The molecule has 1 saturated heterocycles. The quantitative estimate of drug-likeness (QED) is 0.280. The first-order chi connectivity index (χ1) is 16.3. The third kappa shape index (κ3) is 4.56. The van der Waals surface area contributed by atoms with Gasteiger partial charge in [0, 0.05) is 25.1 Å². The highest BCUT2D eigenvalue weighted by molar-refractivity contribution is 6.46. The molecular formula is C27H30N2O5. The van der Waals surface area contributed by atoms with Gasteiger partial charge in [0.15, 0.2) is 0 Å². The molecule has 4 rings (SSSR count). The van der Waals surface area contributed by atoms with E-state index in [4.69, 9.17) is 9.47 Å². The van der Waals surface area contributed by atoms with Gasteiger partial charge in [0.25, 0.3) is 11.7 Å². The van der Waals surface area contributed by atoms with Crippen LogP contribution >= 0.6 is 0 Å². The zero-order valence-electron chi connectivity index (χ0n) is 19.8. The number of Topliss-reactive ketones (excluding diaryl/α,β-unsaturated/α-hetero) is 1. The fourth-order valence-corrected chi connectivity index (χ4v) is 4.39. The molecule has 1 N–H and O–H groups in total. The summed E-state index contributed by atoms with van der Waals surface area (Å²) in [4.78, 5) is 29.7. The summed E-state index contributed by atoms with van der Waals surface area (Å²) in [5.74, 6) is -0.0364. The molecule has 0 radical (unpaired) electrons. The summed E-state index contributed by atoms with van der Waals surface area (Å²) in [5, 5.41) is 11.3. The van der Waals surface area contributed by atoms with Crippen molar-refractivity contribution < 1.29 is 24.2 Å². The average Bonchev–Trinajstić information content (AvgIpc) is 3.31. The fraction of sp³-hybridized carbons (Fsp3) is 0.333. The lowest BCUT2D eigenvalue weighted by Gasteiger charge is -2.26. The van der Waals surface area contributed by atoms with Crippen LogP contribution < -0.4 is 9.47 Å². The zero-order valence-corrected chi connectivity index (χ0v) is 19.8. The molecule has 2 aromatic rings. The van der Waals surface area contributed by atoms with Crippen LogP contribution in [0, 0.1) is 0 Å². The van der Waals surface area contributed by atoms with E-state index in [0.717, 1.165) is 23.3 Å². The Kier molecular flexibility index (Phi) is 6.75. The maximum absolute atomic E-state index is 13.2. The molecule has 2 aromatic carbocycles. The third-order valence-corrected chi connectivity index (χ3v) is 6.06. The second-order valence-corrected chi connectivity index (χ2v) is 8.92. The van der Waals surface area contributed by atoms with E-state index in [-0.39, 0.29) is 17.4 Å². The molecule has 0 aliphatic carbocycles. The molecule has 0 aromatic heterocycles. The Morgan fingerprint density at radius 2 is 1.97 bits per heavy atom. The summed E-state index contributed by atoms with van der Waals surface area (Å²) < 4.78 is 11.3. The van der Waals surface area contributed by atoms with Gasteiger partial charge in [0.1, 0.15) is 30.0 Å². The number of hydrogen-bond donors (Lipinski definition) is 1. The second kappa shape index (κ2) is 9.73. The van der Waals surface area contributed by atoms with Crippen LogP contribution in [0.3, 0.4) is 0 Å². The van der Waals surface area contributed by atoms with Gasteiger partial charge < -0.3 is 24.4 Å². The van der Waals surface area contributed by atoms with Gasteiger partial charge in [-0.3, -0.25) is 9.59 Å². The van der Waals surface area contributed by atoms with Crippen molar-refractivity contribution in [2.24, 2.45) is 0 Å². The zero-order chi connectivity index (χ0) is 24.4. The molecule has 2 unspecified atom stereocenters. The standard InChI is InChI=1S/C27H30N2O5/c1-5-14-33-21-9-6-18(7-10-21)24-23(26(31)27(32)29(24)13-12-28(3)4)25(30)19-8-11-22-20(16-19)15-17(2)34-22/h5-11,16-17,24,30H,1,12-15H2,2-4H3/b25-23+. The van der Waals surface area contributed by atoms with Crippen molar-refractivity contribution in [3.05, 3.63) is 77.4 Å². The number of amides is 1. The summed E-state index contributed by atoms with van der Waals surface area (Å²) in [6, 6.07) is 11.9. The van der Waals surface area contributed by atoms with E-state index in [1.54, 1.807) is 30.3 Å². The van der Waals surface area contributed by atoms with Crippen molar-refractivity contribution in [2.45, 2.75) is 25.5 Å². The van der Waals surface area contributed by atoms with Gasteiger partial charge in [-0.1, -0.05) is 24.8 Å². The lowest BCUT2D eigenvalue weighted by atomic mass is 9.94. The van der Waals surface area contributed by atoms with E-state index < -0.39 is 17.7 Å². The predicted octanol–water partition coefficient (Wildman–Crippen LogP) is 3.56. The number of likely N-dealkylation sites (tertiary alicyclic amines) is 1.